The van der Waals surface area contributed by atoms with Crippen LogP contribution in [-0.2, 0) is 6.54 Å². The first-order valence-electron chi connectivity index (χ1n) is 8.63. The predicted octanol–water partition coefficient (Wildman–Crippen LogP) is 2.41. The van der Waals surface area contributed by atoms with Crippen LogP contribution in [0.3, 0.4) is 0 Å². The Morgan fingerprint density at radius 3 is 2.56 bits per heavy atom. The van der Waals surface area contributed by atoms with Gasteiger partial charge in [0.1, 0.15) is 11.5 Å². The maximum Gasteiger partial charge on any atom is 0.274 e. The second kappa shape index (κ2) is 6.19. The smallest absolute Gasteiger partial charge is 0.274 e. The van der Waals surface area contributed by atoms with E-state index in [1.165, 1.54) is 12.1 Å². The van der Waals surface area contributed by atoms with E-state index in [9.17, 15) is 9.18 Å². The quantitative estimate of drug-likeness (QED) is 0.861. The van der Waals surface area contributed by atoms with Gasteiger partial charge in [0.2, 0.25) is 0 Å². The van der Waals surface area contributed by atoms with Crippen molar-refractivity contribution >= 4 is 5.91 Å². The number of aromatic nitrogens is 2. The number of aryl methyl sites for hydroxylation is 1. The lowest BCUT2D eigenvalue weighted by molar-refractivity contribution is -0.0131. The van der Waals surface area contributed by atoms with Crippen molar-refractivity contribution in [1.29, 1.82) is 0 Å². The highest BCUT2D eigenvalue weighted by atomic mass is 19.1. The van der Waals surface area contributed by atoms with Crippen molar-refractivity contribution in [2.24, 2.45) is 0 Å². The predicted molar refractivity (Wildman–Crippen MR) is 91.4 cm³/mol. The molecule has 1 aromatic heterocycles. The average Bonchev–Trinajstić information content (AvgIpc) is 3.08. The molecular weight excluding hydrogens is 319 g/mol. The van der Waals surface area contributed by atoms with Gasteiger partial charge in [-0.25, -0.2) is 9.37 Å². The summed E-state index contributed by atoms with van der Waals surface area (Å²) >= 11 is 0. The highest BCUT2D eigenvalue weighted by molar-refractivity contribution is 5.92. The molecule has 2 aliphatic heterocycles. The number of amides is 1. The monoisotopic (exact) mass is 340 g/mol. The molecule has 0 N–H and O–H groups in total. The third-order valence-electron chi connectivity index (χ3n) is 5.42. The third-order valence-corrected chi connectivity index (χ3v) is 5.42. The number of rotatable bonds is 3. The molecule has 130 valence electrons. The van der Waals surface area contributed by atoms with E-state index in [0.29, 0.717) is 5.69 Å². The van der Waals surface area contributed by atoms with Crippen LogP contribution in [0.15, 0.2) is 36.7 Å². The number of carbonyl (C=O) groups excluding carboxylic acids is 1. The van der Waals surface area contributed by atoms with Crippen LogP contribution in [0.25, 0.3) is 0 Å². The summed E-state index contributed by atoms with van der Waals surface area (Å²) in [6.07, 6.45) is 5.25. The number of benzene rings is 1. The Balaban J connectivity index is 1.43. The second-order valence-electron chi connectivity index (χ2n) is 7.04. The Hall–Kier alpha value is -2.34. The summed E-state index contributed by atoms with van der Waals surface area (Å²) < 4.78 is 13.1. The van der Waals surface area contributed by atoms with Crippen LogP contribution < -0.4 is 0 Å². The van der Waals surface area contributed by atoms with Crippen LogP contribution >= 0.6 is 0 Å². The number of hydrogen-bond donors (Lipinski definition) is 0. The zero-order valence-electron chi connectivity index (χ0n) is 14.3. The fourth-order valence-electron chi connectivity index (χ4n) is 3.80. The molecule has 2 aliphatic rings. The van der Waals surface area contributed by atoms with Crippen LogP contribution in [-0.4, -0.2) is 50.8 Å². The lowest BCUT2D eigenvalue weighted by Gasteiger charge is -2.50. The van der Waals surface area contributed by atoms with Crippen LogP contribution in [0.1, 0.15) is 34.6 Å². The minimum Gasteiger partial charge on any atom is -0.335 e. The molecule has 0 aliphatic carbocycles. The molecule has 0 bridgehead atoms. The molecule has 2 aromatic rings. The Morgan fingerprint density at radius 2 is 1.92 bits per heavy atom. The van der Waals surface area contributed by atoms with E-state index >= 15 is 0 Å². The maximum absolute atomic E-state index is 13.1. The van der Waals surface area contributed by atoms with Gasteiger partial charge in [-0.3, -0.25) is 14.7 Å². The highest BCUT2D eigenvalue weighted by Gasteiger charge is 2.50. The maximum atomic E-state index is 13.1. The summed E-state index contributed by atoms with van der Waals surface area (Å²) in [7, 11) is 0. The van der Waals surface area contributed by atoms with Gasteiger partial charge in [-0.15, -0.1) is 0 Å². The summed E-state index contributed by atoms with van der Waals surface area (Å²) in [5.41, 5.74) is 2.38. The van der Waals surface area contributed by atoms with Gasteiger partial charge < -0.3 is 4.90 Å². The van der Waals surface area contributed by atoms with E-state index in [2.05, 4.69) is 14.9 Å². The normalized spacial score (nSPS) is 23.0. The zero-order chi connectivity index (χ0) is 17.4. The van der Waals surface area contributed by atoms with E-state index in [0.717, 1.165) is 50.3 Å². The van der Waals surface area contributed by atoms with Crippen LogP contribution in [0.2, 0.25) is 0 Å². The molecule has 1 aromatic carbocycles. The molecule has 0 saturated carbocycles. The van der Waals surface area contributed by atoms with Crippen LogP contribution in [0.4, 0.5) is 4.39 Å². The SMILES string of the molecule is Cc1cnc(C(=O)N2CC[C@]3(CCN3Cc3ccc(F)cc3)C2)cn1. The van der Waals surface area contributed by atoms with Crippen molar-refractivity contribution in [3.63, 3.8) is 0 Å². The summed E-state index contributed by atoms with van der Waals surface area (Å²) in [6, 6.07) is 6.67. The fourth-order valence-corrected chi connectivity index (χ4v) is 3.80. The van der Waals surface area contributed by atoms with Crippen molar-refractivity contribution in [3.8, 4) is 0 Å². The average molecular weight is 340 g/mol. The standard InChI is InChI=1S/C19H21FN4O/c1-14-10-22-17(11-21-14)18(25)23-8-6-19(13-23)7-9-24(19)12-15-2-4-16(20)5-3-15/h2-5,10-11H,6-9,12-13H2,1H3/t19-/m0/s1. The van der Waals surface area contributed by atoms with Crippen molar-refractivity contribution in [2.75, 3.05) is 19.6 Å². The van der Waals surface area contributed by atoms with E-state index in [-0.39, 0.29) is 17.3 Å². The van der Waals surface area contributed by atoms with Crippen molar-refractivity contribution in [3.05, 3.63) is 59.4 Å². The molecule has 25 heavy (non-hydrogen) atoms. The first kappa shape index (κ1) is 16.1. The number of hydrogen-bond acceptors (Lipinski definition) is 4. The second-order valence-corrected chi connectivity index (χ2v) is 7.04. The largest absolute Gasteiger partial charge is 0.335 e. The first-order valence-corrected chi connectivity index (χ1v) is 8.63. The van der Waals surface area contributed by atoms with E-state index in [1.54, 1.807) is 12.4 Å². The number of halogens is 1. The molecular formula is C19H21FN4O. The number of likely N-dealkylation sites (tertiary alicyclic amines) is 2. The summed E-state index contributed by atoms with van der Waals surface area (Å²) in [4.78, 5) is 25.3. The first-order chi connectivity index (χ1) is 12.1. The van der Waals surface area contributed by atoms with E-state index in [1.807, 2.05) is 24.0 Å². The molecule has 0 unspecified atom stereocenters. The minimum absolute atomic E-state index is 0.0435. The van der Waals surface area contributed by atoms with Gasteiger partial charge in [0.05, 0.1) is 11.9 Å². The van der Waals surface area contributed by atoms with Gasteiger partial charge in [0, 0.05) is 37.9 Å². The van der Waals surface area contributed by atoms with Crippen LogP contribution in [0.5, 0.6) is 0 Å². The summed E-state index contributed by atoms with van der Waals surface area (Å²) in [5.74, 6) is -0.253. The number of carbonyl (C=O) groups is 1. The lowest BCUT2D eigenvalue weighted by atomic mass is 9.83. The van der Waals surface area contributed by atoms with E-state index in [4.69, 9.17) is 0 Å². The van der Waals surface area contributed by atoms with Gasteiger partial charge >= 0.3 is 0 Å². The minimum atomic E-state index is -0.209. The molecule has 3 heterocycles. The molecule has 2 saturated heterocycles. The summed E-state index contributed by atoms with van der Waals surface area (Å²) in [6.45, 7) is 5.14. The van der Waals surface area contributed by atoms with Gasteiger partial charge in [-0.1, -0.05) is 12.1 Å². The lowest BCUT2D eigenvalue weighted by Crippen LogP contribution is -2.60. The molecule has 1 spiro atoms. The molecule has 4 rings (SSSR count). The molecule has 0 radical (unpaired) electrons. The topological polar surface area (TPSA) is 49.3 Å². The fraction of sp³-hybridized carbons (Fsp3) is 0.421. The van der Waals surface area contributed by atoms with Crippen molar-refractivity contribution < 1.29 is 9.18 Å². The van der Waals surface area contributed by atoms with Crippen molar-refractivity contribution in [2.45, 2.75) is 31.8 Å². The summed E-state index contributed by atoms with van der Waals surface area (Å²) in [5, 5.41) is 0. The Morgan fingerprint density at radius 1 is 1.16 bits per heavy atom. The molecule has 1 amide bonds. The van der Waals surface area contributed by atoms with Gasteiger partial charge in [0.25, 0.3) is 5.91 Å². The Labute approximate surface area is 146 Å². The van der Waals surface area contributed by atoms with Gasteiger partial charge in [-0.2, -0.15) is 0 Å². The number of nitrogens with zero attached hydrogens (tertiary/aromatic N) is 4. The van der Waals surface area contributed by atoms with Gasteiger partial charge in [-0.05, 0) is 37.5 Å². The highest BCUT2D eigenvalue weighted by Crippen LogP contribution is 2.40. The van der Waals surface area contributed by atoms with Crippen LogP contribution in [0, 0.1) is 12.7 Å². The molecule has 2 fully saturated rings. The Kier molecular flexibility index (Phi) is 4.00. The zero-order valence-corrected chi connectivity index (χ0v) is 14.3. The molecule has 1 atom stereocenters. The van der Waals surface area contributed by atoms with Crippen molar-refractivity contribution in [1.82, 2.24) is 19.8 Å². The Bertz CT molecular complexity index is 777. The molecule has 5 nitrogen and oxygen atoms in total. The third kappa shape index (κ3) is 3.02. The van der Waals surface area contributed by atoms with Gasteiger partial charge in [0.15, 0.2) is 0 Å². The molecule has 6 heteroatoms. The van der Waals surface area contributed by atoms with E-state index < -0.39 is 0 Å².